The number of carbonyl (C=O) groups excluding carboxylic acids is 1. The van der Waals surface area contributed by atoms with Crippen molar-refractivity contribution in [2.24, 2.45) is 5.92 Å². The number of rotatable bonds is 7. The molecule has 1 N–H and O–H groups in total. The van der Waals surface area contributed by atoms with Crippen LogP contribution < -0.4 is 5.32 Å². The molecule has 0 unspecified atom stereocenters. The van der Waals surface area contributed by atoms with E-state index in [4.69, 9.17) is 0 Å². The van der Waals surface area contributed by atoms with E-state index in [0.717, 1.165) is 17.8 Å². The van der Waals surface area contributed by atoms with Crippen LogP contribution in [0.2, 0.25) is 0 Å². The minimum absolute atomic E-state index is 0.00497. The summed E-state index contributed by atoms with van der Waals surface area (Å²) in [4.78, 5) is 20.7. The van der Waals surface area contributed by atoms with Gasteiger partial charge in [-0.1, -0.05) is 26.8 Å². The van der Waals surface area contributed by atoms with Gasteiger partial charge in [-0.15, -0.1) is 0 Å². The number of amides is 1. The molecular weight excluding hydrogens is 276 g/mol. The molecule has 1 atom stereocenters. The number of aromatic nitrogens is 3. The maximum Gasteiger partial charge on any atom is 0.222 e. The van der Waals surface area contributed by atoms with Crippen LogP contribution in [0.5, 0.6) is 0 Å². The minimum atomic E-state index is -0.00497. The zero-order chi connectivity index (χ0) is 15.9. The summed E-state index contributed by atoms with van der Waals surface area (Å²) >= 11 is 0. The molecule has 0 saturated carbocycles. The van der Waals surface area contributed by atoms with Crippen molar-refractivity contribution in [3.05, 3.63) is 48.3 Å². The molecule has 0 bridgehead atoms. The van der Waals surface area contributed by atoms with Crippen LogP contribution in [0.1, 0.15) is 44.6 Å². The topological polar surface area (TPSA) is 59.8 Å². The summed E-state index contributed by atoms with van der Waals surface area (Å²) in [6.45, 7) is 6.93. The van der Waals surface area contributed by atoms with Crippen LogP contribution in [0.15, 0.2) is 36.9 Å². The third-order valence-electron chi connectivity index (χ3n) is 3.72. The van der Waals surface area contributed by atoms with Crippen molar-refractivity contribution < 1.29 is 4.79 Å². The van der Waals surface area contributed by atoms with Gasteiger partial charge in [0.2, 0.25) is 5.91 Å². The molecule has 0 saturated heterocycles. The van der Waals surface area contributed by atoms with Crippen LogP contribution in [-0.4, -0.2) is 20.4 Å². The van der Waals surface area contributed by atoms with Crippen molar-refractivity contribution in [1.82, 2.24) is 19.9 Å². The molecule has 22 heavy (non-hydrogen) atoms. The summed E-state index contributed by atoms with van der Waals surface area (Å²) in [6, 6.07) is 3.90. The quantitative estimate of drug-likeness (QED) is 0.855. The fourth-order valence-corrected chi connectivity index (χ4v) is 2.52. The first-order chi connectivity index (χ1) is 10.6. The Morgan fingerprint density at radius 3 is 2.82 bits per heavy atom. The first-order valence-corrected chi connectivity index (χ1v) is 7.81. The lowest BCUT2D eigenvalue weighted by molar-refractivity contribution is -0.122. The summed E-state index contributed by atoms with van der Waals surface area (Å²) < 4.78 is 2.04. The van der Waals surface area contributed by atoms with Crippen LogP contribution in [0.3, 0.4) is 0 Å². The van der Waals surface area contributed by atoms with Gasteiger partial charge in [0.15, 0.2) is 0 Å². The Morgan fingerprint density at radius 2 is 2.18 bits per heavy atom. The van der Waals surface area contributed by atoms with Gasteiger partial charge in [0, 0.05) is 44.2 Å². The molecule has 0 spiro atoms. The first-order valence-electron chi connectivity index (χ1n) is 7.81. The van der Waals surface area contributed by atoms with Crippen molar-refractivity contribution >= 4 is 5.91 Å². The number of aryl methyl sites for hydroxylation is 2. The number of hydrogen-bond donors (Lipinski definition) is 1. The van der Waals surface area contributed by atoms with Gasteiger partial charge in [-0.25, -0.2) is 4.98 Å². The molecule has 2 heterocycles. The number of nitrogens with zero attached hydrogens (tertiary/aromatic N) is 3. The minimum Gasteiger partial charge on any atom is -0.349 e. The van der Waals surface area contributed by atoms with Crippen LogP contribution in [0.4, 0.5) is 0 Å². The highest BCUT2D eigenvalue weighted by Gasteiger charge is 2.18. The lowest BCUT2D eigenvalue weighted by Gasteiger charge is -2.22. The Bertz CT molecular complexity index is 592. The molecule has 0 aliphatic heterocycles. The summed E-state index contributed by atoms with van der Waals surface area (Å²) in [5, 5.41) is 3.12. The number of pyridine rings is 1. The predicted molar refractivity (Wildman–Crippen MR) is 86.2 cm³/mol. The Hall–Kier alpha value is -2.17. The van der Waals surface area contributed by atoms with Gasteiger partial charge in [0.25, 0.3) is 0 Å². The van der Waals surface area contributed by atoms with Gasteiger partial charge < -0.3 is 9.88 Å². The Morgan fingerprint density at radius 1 is 1.36 bits per heavy atom. The third kappa shape index (κ3) is 4.16. The van der Waals surface area contributed by atoms with Gasteiger partial charge in [-0.3, -0.25) is 9.78 Å². The molecular formula is C17H24N4O. The molecule has 2 aromatic rings. The number of nitrogens with one attached hydrogen (secondary N) is 1. The highest BCUT2D eigenvalue weighted by molar-refractivity contribution is 5.76. The largest absolute Gasteiger partial charge is 0.349 e. The molecule has 5 heteroatoms. The molecule has 0 aliphatic carbocycles. The van der Waals surface area contributed by atoms with E-state index in [2.05, 4.69) is 36.1 Å². The summed E-state index contributed by atoms with van der Waals surface area (Å²) in [6.07, 6.45) is 8.59. The van der Waals surface area contributed by atoms with Crippen LogP contribution in [0.25, 0.3) is 0 Å². The Balaban J connectivity index is 1.95. The fraction of sp³-hybridized carbons (Fsp3) is 0.471. The fourth-order valence-electron chi connectivity index (χ4n) is 2.52. The van der Waals surface area contributed by atoms with Crippen molar-refractivity contribution in [2.45, 2.75) is 46.2 Å². The van der Waals surface area contributed by atoms with E-state index in [1.807, 2.05) is 29.1 Å². The van der Waals surface area contributed by atoms with E-state index in [0.29, 0.717) is 18.9 Å². The zero-order valence-corrected chi connectivity index (χ0v) is 13.5. The lowest BCUT2D eigenvalue weighted by atomic mass is 9.97. The second kappa shape index (κ2) is 7.73. The van der Waals surface area contributed by atoms with E-state index in [1.54, 1.807) is 12.4 Å². The normalized spacial score (nSPS) is 12.4. The van der Waals surface area contributed by atoms with Crippen molar-refractivity contribution in [2.75, 3.05) is 0 Å². The predicted octanol–water partition coefficient (Wildman–Crippen LogP) is 2.74. The molecule has 118 valence electrons. The van der Waals surface area contributed by atoms with E-state index >= 15 is 0 Å². The van der Waals surface area contributed by atoms with Gasteiger partial charge in [0.1, 0.15) is 5.82 Å². The first kappa shape index (κ1) is 16.2. The summed E-state index contributed by atoms with van der Waals surface area (Å²) in [5.41, 5.74) is 1.04. The average molecular weight is 300 g/mol. The molecule has 2 rings (SSSR count). The summed E-state index contributed by atoms with van der Waals surface area (Å²) in [7, 11) is 0. The van der Waals surface area contributed by atoms with Crippen LogP contribution in [-0.2, 0) is 17.8 Å². The Kier molecular flexibility index (Phi) is 5.69. The molecule has 2 aromatic heterocycles. The van der Waals surface area contributed by atoms with Crippen LogP contribution in [0, 0.1) is 5.92 Å². The highest BCUT2D eigenvalue weighted by atomic mass is 16.1. The Labute approximate surface area is 131 Å². The van der Waals surface area contributed by atoms with E-state index in [1.165, 1.54) is 0 Å². The molecule has 0 aliphatic rings. The van der Waals surface area contributed by atoms with Gasteiger partial charge in [-0.2, -0.15) is 0 Å². The lowest BCUT2D eigenvalue weighted by Crippen LogP contribution is -2.32. The molecule has 1 amide bonds. The van der Waals surface area contributed by atoms with E-state index < -0.39 is 0 Å². The summed E-state index contributed by atoms with van der Waals surface area (Å²) in [5.74, 6) is 1.38. The number of carbonyl (C=O) groups is 1. The van der Waals surface area contributed by atoms with E-state index in [9.17, 15) is 4.79 Å². The maximum atomic E-state index is 12.3. The number of hydrogen-bond acceptors (Lipinski definition) is 3. The van der Waals surface area contributed by atoms with Crippen LogP contribution >= 0.6 is 0 Å². The molecule has 5 nitrogen and oxygen atoms in total. The second-order valence-electron chi connectivity index (χ2n) is 5.72. The SMILES string of the molecule is CCc1nccn1CCC(=O)N[C@H](c1cccnc1)C(C)C. The maximum absolute atomic E-state index is 12.3. The van der Waals surface area contributed by atoms with Gasteiger partial charge in [0.05, 0.1) is 6.04 Å². The molecule has 0 fully saturated rings. The zero-order valence-electron chi connectivity index (χ0n) is 13.5. The smallest absolute Gasteiger partial charge is 0.222 e. The second-order valence-corrected chi connectivity index (χ2v) is 5.72. The third-order valence-corrected chi connectivity index (χ3v) is 3.72. The standard InChI is InChI=1S/C17H24N4O/c1-4-15-19-9-11-21(15)10-7-16(22)20-17(13(2)3)14-6-5-8-18-12-14/h5-6,8-9,11-13,17H,4,7,10H2,1-3H3,(H,20,22)/t17-/m0/s1. The monoisotopic (exact) mass is 300 g/mol. The molecule has 0 radical (unpaired) electrons. The highest BCUT2D eigenvalue weighted by Crippen LogP contribution is 2.20. The van der Waals surface area contributed by atoms with Crippen molar-refractivity contribution in [1.29, 1.82) is 0 Å². The molecule has 0 aromatic carbocycles. The van der Waals surface area contributed by atoms with Gasteiger partial charge >= 0.3 is 0 Å². The van der Waals surface area contributed by atoms with E-state index in [-0.39, 0.29) is 11.9 Å². The average Bonchev–Trinajstić information content (AvgIpc) is 2.98. The van der Waals surface area contributed by atoms with Crippen molar-refractivity contribution in [3.63, 3.8) is 0 Å². The van der Waals surface area contributed by atoms with Gasteiger partial charge in [-0.05, 0) is 17.5 Å². The van der Waals surface area contributed by atoms with Crippen molar-refractivity contribution in [3.8, 4) is 0 Å². The number of imidazole rings is 1.